The maximum Gasteiger partial charge on any atom is 0.325 e. The molecule has 140 valence electrons. The molecule has 1 aromatic carbocycles. The van der Waals surface area contributed by atoms with Crippen LogP contribution in [0.1, 0.15) is 17.5 Å². The SMILES string of the molecule is COC(=O)CN(C)C(=O)C[C@@H]1C(=O)NCCN1C1Cc2ccccc2C1. The molecule has 1 fully saturated rings. The van der Waals surface area contributed by atoms with E-state index in [0.717, 1.165) is 19.4 Å². The zero-order chi connectivity index (χ0) is 18.7. The Labute approximate surface area is 153 Å². The van der Waals surface area contributed by atoms with Crippen LogP contribution in [0.5, 0.6) is 0 Å². The van der Waals surface area contributed by atoms with Gasteiger partial charge in [0.2, 0.25) is 11.8 Å². The quantitative estimate of drug-likeness (QED) is 0.748. The van der Waals surface area contributed by atoms with Crippen molar-refractivity contribution in [2.75, 3.05) is 33.8 Å². The van der Waals surface area contributed by atoms with Crippen molar-refractivity contribution in [3.63, 3.8) is 0 Å². The molecule has 1 atom stereocenters. The highest BCUT2D eigenvalue weighted by Gasteiger charge is 2.38. The first kappa shape index (κ1) is 18.4. The normalized spacial score (nSPS) is 20.4. The molecule has 0 unspecified atom stereocenters. The molecule has 0 radical (unpaired) electrons. The number of piperazine rings is 1. The number of hydrogen-bond acceptors (Lipinski definition) is 5. The minimum Gasteiger partial charge on any atom is -0.468 e. The van der Waals surface area contributed by atoms with Crippen molar-refractivity contribution >= 4 is 17.8 Å². The van der Waals surface area contributed by atoms with Crippen LogP contribution < -0.4 is 5.32 Å². The van der Waals surface area contributed by atoms with E-state index >= 15 is 0 Å². The summed E-state index contributed by atoms with van der Waals surface area (Å²) in [5, 5.41) is 2.86. The lowest BCUT2D eigenvalue weighted by Crippen LogP contribution is -2.59. The van der Waals surface area contributed by atoms with Crippen LogP contribution in [0.4, 0.5) is 0 Å². The lowest BCUT2D eigenvalue weighted by atomic mass is 10.0. The molecule has 7 heteroatoms. The molecule has 1 aliphatic carbocycles. The highest BCUT2D eigenvalue weighted by molar-refractivity contribution is 5.90. The van der Waals surface area contributed by atoms with Gasteiger partial charge < -0.3 is 15.0 Å². The molecule has 3 rings (SSSR count). The number of ether oxygens (including phenoxy) is 1. The van der Waals surface area contributed by atoms with Crippen LogP contribution in [0.3, 0.4) is 0 Å². The molecule has 0 aromatic heterocycles. The van der Waals surface area contributed by atoms with E-state index in [4.69, 9.17) is 0 Å². The van der Waals surface area contributed by atoms with Crippen LogP contribution in [0, 0.1) is 0 Å². The first-order valence-corrected chi connectivity index (χ1v) is 8.90. The number of rotatable bonds is 5. The van der Waals surface area contributed by atoms with Gasteiger partial charge in [-0.05, 0) is 24.0 Å². The third-order valence-electron chi connectivity index (χ3n) is 5.26. The van der Waals surface area contributed by atoms with Gasteiger partial charge in [0.25, 0.3) is 0 Å². The van der Waals surface area contributed by atoms with Crippen molar-refractivity contribution in [1.82, 2.24) is 15.1 Å². The lowest BCUT2D eigenvalue weighted by molar-refractivity contribution is -0.147. The topological polar surface area (TPSA) is 78.9 Å². The molecule has 2 amide bonds. The molecule has 26 heavy (non-hydrogen) atoms. The van der Waals surface area contributed by atoms with Crippen LogP contribution in [0.2, 0.25) is 0 Å². The molecule has 0 bridgehead atoms. The van der Waals surface area contributed by atoms with E-state index in [1.165, 1.54) is 23.1 Å². The summed E-state index contributed by atoms with van der Waals surface area (Å²) in [6.07, 6.45) is 1.85. The van der Waals surface area contributed by atoms with Crippen molar-refractivity contribution < 1.29 is 19.1 Å². The summed E-state index contributed by atoms with van der Waals surface area (Å²) in [6.45, 7) is 1.20. The zero-order valence-electron chi connectivity index (χ0n) is 15.2. The van der Waals surface area contributed by atoms with Gasteiger partial charge in [0.1, 0.15) is 6.54 Å². The summed E-state index contributed by atoms with van der Waals surface area (Å²) in [5.74, 6) is -0.831. The van der Waals surface area contributed by atoms with Gasteiger partial charge in [-0.25, -0.2) is 0 Å². The van der Waals surface area contributed by atoms with Gasteiger partial charge in [-0.15, -0.1) is 0 Å². The predicted molar refractivity (Wildman–Crippen MR) is 95.4 cm³/mol. The maximum atomic E-state index is 12.5. The molecule has 1 saturated heterocycles. The number of likely N-dealkylation sites (N-methyl/N-ethyl adjacent to an activating group) is 1. The predicted octanol–water partition coefficient (Wildman–Crippen LogP) is -0.0243. The Morgan fingerprint density at radius 2 is 1.92 bits per heavy atom. The van der Waals surface area contributed by atoms with Gasteiger partial charge in [0, 0.05) is 26.2 Å². The van der Waals surface area contributed by atoms with Crippen LogP contribution in [0.25, 0.3) is 0 Å². The summed E-state index contributed by atoms with van der Waals surface area (Å²) >= 11 is 0. The number of benzene rings is 1. The molecule has 1 aliphatic heterocycles. The van der Waals surface area contributed by atoms with Crippen LogP contribution in [0.15, 0.2) is 24.3 Å². The second-order valence-corrected chi connectivity index (χ2v) is 6.91. The summed E-state index contributed by atoms with van der Waals surface area (Å²) < 4.78 is 4.60. The number of amides is 2. The standard InChI is InChI=1S/C19H25N3O4/c1-21(12-18(24)26-2)17(23)11-16-19(25)20-7-8-22(16)15-9-13-5-3-4-6-14(13)10-15/h3-6,15-16H,7-12H2,1-2H3,(H,20,25)/t16-/m1/s1. The van der Waals surface area contributed by atoms with Crippen molar-refractivity contribution in [2.45, 2.75) is 31.3 Å². The van der Waals surface area contributed by atoms with Gasteiger partial charge in [0.05, 0.1) is 19.6 Å². The number of nitrogens with one attached hydrogen (secondary N) is 1. The molecule has 1 aromatic rings. The van der Waals surface area contributed by atoms with E-state index in [1.54, 1.807) is 7.05 Å². The van der Waals surface area contributed by atoms with Gasteiger partial charge in [-0.1, -0.05) is 24.3 Å². The molecular weight excluding hydrogens is 334 g/mol. The van der Waals surface area contributed by atoms with Crippen LogP contribution >= 0.6 is 0 Å². The van der Waals surface area contributed by atoms with Gasteiger partial charge in [0.15, 0.2) is 0 Å². The third kappa shape index (κ3) is 3.88. The molecule has 0 spiro atoms. The van der Waals surface area contributed by atoms with E-state index in [9.17, 15) is 14.4 Å². The number of esters is 1. The van der Waals surface area contributed by atoms with E-state index in [1.807, 2.05) is 12.1 Å². The molecule has 1 N–H and O–H groups in total. The molecule has 2 aliphatic rings. The van der Waals surface area contributed by atoms with Gasteiger partial charge in [-0.3, -0.25) is 19.3 Å². The first-order valence-electron chi connectivity index (χ1n) is 8.90. The molecular formula is C19H25N3O4. The Morgan fingerprint density at radius 3 is 2.54 bits per heavy atom. The summed E-state index contributed by atoms with van der Waals surface area (Å²) in [4.78, 5) is 39.8. The van der Waals surface area contributed by atoms with E-state index in [2.05, 4.69) is 27.1 Å². The maximum absolute atomic E-state index is 12.5. The number of hydrogen-bond donors (Lipinski definition) is 1. The monoisotopic (exact) mass is 359 g/mol. The molecule has 0 saturated carbocycles. The second-order valence-electron chi connectivity index (χ2n) is 6.91. The Kier molecular flexibility index (Phi) is 5.56. The van der Waals surface area contributed by atoms with E-state index < -0.39 is 12.0 Å². The minimum absolute atomic E-state index is 0.0617. The largest absolute Gasteiger partial charge is 0.468 e. The van der Waals surface area contributed by atoms with Crippen molar-refractivity contribution in [2.24, 2.45) is 0 Å². The molecule has 1 heterocycles. The van der Waals surface area contributed by atoms with Gasteiger partial charge in [-0.2, -0.15) is 0 Å². The highest BCUT2D eigenvalue weighted by atomic mass is 16.5. The zero-order valence-corrected chi connectivity index (χ0v) is 15.2. The Morgan fingerprint density at radius 1 is 1.27 bits per heavy atom. The van der Waals surface area contributed by atoms with Crippen molar-refractivity contribution in [3.05, 3.63) is 35.4 Å². The Bertz CT molecular complexity index is 681. The Balaban J connectivity index is 1.68. The van der Waals surface area contributed by atoms with E-state index in [0.29, 0.717) is 6.54 Å². The van der Waals surface area contributed by atoms with Crippen molar-refractivity contribution in [1.29, 1.82) is 0 Å². The smallest absolute Gasteiger partial charge is 0.325 e. The third-order valence-corrected chi connectivity index (χ3v) is 5.26. The van der Waals surface area contributed by atoms with Crippen LogP contribution in [-0.4, -0.2) is 73.5 Å². The summed E-state index contributed by atoms with van der Waals surface area (Å²) in [7, 11) is 2.84. The average Bonchev–Trinajstić information content (AvgIpc) is 3.07. The second kappa shape index (κ2) is 7.86. The molecule has 7 nitrogen and oxygen atoms in total. The van der Waals surface area contributed by atoms with Crippen molar-refractivity contribution in [3.8, 4) is 0 Å². The summed E-state index contributed by atoms with van der Waals surface area (Å²) in [5.41, 5.74) is 2.63. The number of fused-ring (bicyclic) bond motifs is 1. The number of carbonyl (C=O) groups is 3. The fourth-order valence-electron chi connectivity index (χ4n) is 3.82. The van der Waals surface area contributed by atoms with E-state index in [-0.39, 0.29) is 30.8 Å². The fraction of sp³-hybridized carbons (Fsp3) is 0.526. The lowest BCUT2D eigenvalue weighted by Gasteiger charge is -2.39. The fourth-order valence-corrected chi connectivity index (χ4v) is 3.82. The first-order chi connectivity index (χ1) is 12.5. The number of carbonyl (C=O) groups excluding carboxylic acids is 3. The average molecular weight is 359 g/mol. The highest BCUT2D eigenvalue weighted by Crippen LogP contribution is 2.28. The van der Waals surface area contributed by atoms with Crippen LogP contribution in [-0.2, 0) is 32.0 Å². The number of nitrogens with zero attached hydrogens (tertiary/aromatic N) is 2. The minimum atomic E-state index is -0.504. The number of methoxy groups -OCH3 is 1. The Hall–Kier alpha value is -2.41. The van der Waals surface area contributed by atoms with Gasteiger partial charge >= 0.3 is 5.97 Å². The summed E-state index contributed by atoms with van der Waals surface area (Å²) in [6, 6.07) is 8.05.